The van der Waals surface area contributed by atoms with E-state index in [9.17, 15) is 5.11 Å². The summed E-state index contributed by atoms with van der Waals surface area (Å²) < 4.78 is 0. The lowest BCUT2D eigenvalue weighted by Gasteiger charge is -2.18. The first-order valence-corrected chi connectivity index (χ1v) is 3.39. The second-order valence-corrected chi connectivity index (χ2v) is 2.08. The molecule has 0 saturated carbocycles. The van der Waals surface area contributed by atoms with Gasteiger partial charge in [0, 0.05) is 7.05 Å². The molecule has 0 bridgehead atoms. The molecule has 0 aromatic carbocycles. The van der Waals surface area contributed by atoms with Crippen LogP contribution in [0.2, 0.25) is 0 Å². The minimum Gasteiger partial charge on any atom is -0.862 e. The molecule has 0 aliphatic carbocycles. The zero-order chi connectivity index (χ0) is 7.28. The fraction of sp³-hybridized carbons (Fsp3) is 0.857. The molecule has 0 rings (SSSR count). The van der Waals surface area contributed by atoms with Crippen molar-refractivity contribution in [1.82, 2.24) is 0 Å². The third-order valence-electron chi connectivity index (χ3n) is 1.56. The van der Waals surface area contributed by atoms with Gasteiger partial charge in [0.25, 0.3) is 0 Å². The molecule has 0 unspecified atom stereocenters. The lowest BCUT2D eigenvalue weighted by molar-refractivity contribution is -0.224. The highest BCUT2D eigenvalue weighted by molar-refractivity contribution is 5.73. The highest BCUT2D eigenvalue weighted by Crippen LogP contribution is 2.05. The Morgan fingerprint density at radius 2 is 1.89 bits per heavy atom. The molecule has 0 spiro atoms. The van der Waals surface area contributed by atoms with E-state index in [4.69, 9.17) is 0 Å². The van der Waals surface area contributed by atoms with E-state index in [-0.39, 0.29) is 11.8 Å². The van der Waals surface area contributed by atoms with Crippen LogP contribution in [-0.4, -0.2) is 12.9 Å². The van der Waals surface area contributed by atoms with Gasteiger partial charge in [0.15, 0.2) is 0 Å². The van der Waals surface area contributed by atoms with Gasteiger partial charge in [-0.3, -0.25) is 0 Å². The average Bonchev–Trinajstić information content (AvgIpc) is 1.90. The first-order valence-electron chi connectivity index (χ1n) is 3.39. The predicted molar refractivity (Wildman–Crippen MR) is 37.4 cm³/mol. The molecular formula is C7H14NO-. The molecule has 0 aromatic heterocycles. The number of rotatable bonds is 3. The fourth-order valence-corrected chi connectivity index (χ4v) is 0.820. The highest BCUT2D eigenvalue weighted by Gasteiger charge is 1.99. The first-order chi connectivity index (χ1) is 4.26. The summed E-state index contributed by atoms with van der Waals surface area (Å²) in [6.45, 7) is 4.02. The summed E-state index contributed by atoms with van der Waals surface area (Å²) in [6.07, 6.45) is 1.82. The van der Waals surface area contributed by atoms with Gasteiger partial charge in [-0.1, -0.05) is 13.8 Å². The molecule has 2 heteroatoms. The molecule has 0 saturated heterocycles. The average molecular weight is 128 g/mol. The van der Waals surface area contributed by atoms with Crippen molar-refractivity contribution in [3.05, 3.63) is 0 Å². The van der Waals surface area contributed by atoms with E-state index in [0.29, 0.717) is 0 Å². The van der Waals surface area contributed by atoms with Crippen molar-refractivity contribution in [1.29, 1.82) is 0 Å². The van der Waals surface area contributed by atoms with Crippen LogP contribution in [-0.2, 0) is 0 Å². The van der Waals surface area contributed by atoms with Crippen LogP contribution in [0.1, 0.15) is 26.7 Å². The Labute approximate surface area is 56.6 Å². The maximum absolute atomic E-state index is 10.8. The van der Waals surface area contributed by atoms with Gasteiger partial charge >= 0.3 is 0 Å². The summed E-state index contributed by atoms with van der Waals surface area (Å²) in [6, 6.07) is 0. The van der Waals surface area contributed by atoms with Crippen LogP contribution in [0.5, 0.6) is 0 Å². The van der Waals surface area contributed by atoms with Crippen molar-refractivity contribution < 1.29 is 5.11 Å². The molecule has 2 nitrogen and oxygen atoms in total. The van der Waals surface area contributed by atoms with Gasteiger partial charge in [-0.05, 0) is 24.7 Å². The summed E-state index contributed by atoms with van der Waals surface area (Å²) in [5, 5.41) is 10.8. The zero-order valence-electron chi connectivity index (χ0n) is 6.35. The van der Waals surface area contributed by atoms with Crippen LogP contribution in [0.4, 0.5) is 0 Å². The van der Waals surface area contributed by atoms with Gasteiger partial charge in [0.1, 0.15) is 0 Å². The normalized spacial score (nSPS) is 12.7. The highest BCUT2D eigenvalue weighted by atomic mass is 16.3. The van der Waals surface area contributed by atoms with E-state index in [1.165, 1.54) is 0 Å². The van der Waals surface area contributed by atoms with Crippen LogP contribution >= 0.6 is 0 Å². The van der Waals surface area contributed by atoms with E-state index in [2.05, 4.69) is 4.99 Å². The summed E-state index contributed by atoms with van der Waals surface area (Å²) >= 11 is 0. The van der Waals surface area contributed by atoms with Crippen molar-refractivity contribution in [2.24, 2.45) is 10.9 Å². The Morgan fingerprint density at radius 1 is 1.44 bits per heavy atom. The Bertz CT molecular complexity index is 95.1. The minimum absolute atomic E-state index is 0.0417. The zero-order valence-corrected chi connectivity index (χ0v) is 6.35. The van der Waals surface area contributed by atoms with Crippen LogP contribution in [0.3, 0.4) is 0 Å². The van der Waals surface area contributed by atoms with E-state index in [1.807, 2.05) is 13.8 Å². The first kappa shape index (κ1) is 8.47. The van der Waals surface area contributed by atoms with Crippen molar-refractivity contribution >= 4 is 5.90 Å². The molecule has 0 aromatic rings. The molecule has 54 valence electrons. The molecule has 9 heavy (non-hydrogen) atoms. The molecule has 0 atom stereocenters. The predicted octanol–water partition coefficient (Wildman–Crippen LogP) is 0.811. The van der Waals surface area contributed by atoms with E-state index in [1.54, 1.807) is 7.05 Å². The Balaban J connectivity index is 3.79. The largest absolute Gasteiger partial charge is 0.862 e. The molecule has 0 aliphatic rings. The van der Waals surface area contributed by atoms with Gasteiger partial charge in [0.2, 0.25) is 0 Å². The standard InChI is InChI=1S/C7H15NO/c1-4-6(5-2)7(9)8-3/h6H,4-5H2,1-3H3,(H,8,9)/p-1. The van der Waals surface area contributed by atoms with Crippen LogP contribution < -0.4 is 5.11 Å². The topological polar surface area (TPSA) is 35.4 Å². The van der Waals surface area contributed by atoms with Gasteiger partial charge < -0.3 is 10.1 Å². The second kappa shape index (κ2) is 4.36. The second-order valence-electron chi connectivity index (χ2n) is 2.08. The van der Waals surface area contributed by atoms with E-state index in [0.717, 1.165) is 12.8 Å². The van der Waals surface area contributed by atoms with E-state index >= 15 is 0 Å². The SMILES string of the molecule is CCC(CC)C([O-])=NC. The summed E-state index contributed by atoms with van der Waals surface area (Å²) in [5.41, 5.74) is 0. The van der Waals surface area contributed by atoms with Gasteiger partial charge in [0.05, 0.1) is 0 Å². The van der Waals surface area contributed by atoms with Crippen LogP contribution in [0, 0.1) is 5.92 Å². The number of aliphatic imine (C=N–C) groups is 1. The van der Waals surface area contributed by atoms with Crippen molar-refractivity contribution in [3.63, 3.8) is 0 Å². The van der Waals surface area contributed by atoms with Crippen molar-refractivity contribution in [3.8, 4) is 0 Å². The maximum atomic E-state index is 10.8. The monoisotopic (exact) mass is 128 g/mol. The van der Waals surface area contributed by atoms with Gasteiger partial charge in [-0.2, -0.15) is 0 Å². The van der Waals surface area contributed by atoms with Crippen LogP contribution in [0.15, 0.2) is 4.99 Å². The fourth-order valence-electron chi connectivity index (χ4n) is 0.820. The van der Waals surface area contributed by atoms with Crippen LogP contribution in [0.25, 0.3) is 0 Å². The maximum Gasteiger partial charge on any atom is 0.0266 e. The lowest BCUT2D eigenvalue weighted by Crippen LogP contribution is -2.26. The molecular weight excluding hydrogens is 114 g/mol. The van der Waals surface area contributed by atoms with Crippen molar-refractivity contribution in [2.75, 3.05) is 7.05 Å². The summed E-state index contributed by atoms with van der Waals surface area (Å²) in [5.74, 6) is 0.204. The summed E-state index contributed by atoms with van der Waals surface area (Å²) in [7, 11) is 1.56. The Kier molecular flexibility index (Phi) is 4.10. The minimum atomic E-state index is 0.0417. The quantitative estimate of drug-likeness (QED) is 0.409. The Hall–Kier alpha value is -0.530. The summed E-state index contributed by atoms with van der Waals surface area (Å²) in [4.78, 5) is 3.59. The van der Waals surface area contributed by atoms with Gasteiger partial charge in [-0.25, -0.2) is 0 Å². The number of hydrogen-bond acceptors (Lipinski definition) is 2. The molecule has 0 amide bonds. The lowest BCUT2D eigenvalue weighted by atomic mass is 10.0. The molecule has 0 aliphatic heterocycles. The third kappa shape index (κ3) is 2.49. The van der Waals surface area contributed by atoms with E-state index < -0.39 is 0 Å². The number of hydrogen-bond donors (Lipinski definition) is 0. The molecule has 0 N–H and O–H groups in total. The smallest absolute Gasteiger partial charge is 0.0266 e. The van der Waals surface area contributed by atoms with Crippen molar-refractivity contribution in [2.45, 2.75) is 26.7 Å². The molecule has 0 heterocycles. The third-order valence-corrected chi connectivity index (χ3v) is 1.56. The molecule has 0 radical (unpaired) electrons. The van der Waals surface area contributed by atoms with Gasteiger partial charge in [-0.15, -0.1) is 0 Å². The molecule has 0 fully saturated rings. The number of nitrogens with zero attached hydrogens (tertiary/aromatic N) is 1. The Morgan fingerprint density at radius 3 is 2.00 bits per heavy atom.